The zero-order chi connectivity index (χ0) is 15.6. The quantitative estimate of drug-likeness (QED) is 0.785. The van der Waals surface area contributed by atoms with Crippen LogP contribution in [0.3, 0.4) is 0 Å². The molecule has 0 aliphatic heterocycles. The maximum Gasteiger partial charge on any atom is 0.253 e. The van der Waals surface area contributed by atoms with Gasteiger partial charge in [0.25, 0.3) is 5.12 Å². The first-order valence-corrected chi connectivity index (χ1v) is 9.27. The Bertz CT molecular complexity index is 524. The lowest BCUT2D eigenvalue weighted by Crippen LogP contribution is -2.37. The van der Waals surface area contributed by atoms with Crippen molar-refractivity contribution in [1.82, 2.24) is 0 Å². The van der Waals surface area contributed by atoms with Crippen molar-refractivity contribution in [3.63, 3.8) is 0 Å². The fraction of sp³-hybridized carbons (Fsp3) is 0.938. The van der Waals surface area contributed by atoms with Crippen molar-refractivity contribution in [2.24, 2.45) is 28.1 Å². The van der Waals surface area contributed by atoms with E-state index in [1.165, 1.54) is 0 Å². The fourth-order valence-electron chi connectivity index (χ4n) is 4.48. The Hall–Kier alpha value is -0.380. The van der Waals surface area contributed by atoms with Crippen molar-refractivity contribution < 1.29 is 13.2 Å². The van der Waals surface area contributed by atoms with Gasteiger partial charge in [-0.1, -0.05) is 48.0 Å². The first-order valence-electron chi connectivity index (χ1n) is 7.62. The summed E-state index contributed by atoms with van der Waals surface area (Å²) >= 11 is 0. The lowest BCUT2D eigenvalue weighted by atomic mass is 9.81. The molecule has 2 aliphatic rings. The number of sulfone groups is 1. The van der Waals surface area contributed by atoms with Crippen molar-refractivity contribution in [2.75, 3.05) is 5.75 Å². The number of carbonyl (C=O) groups excluding carboxylic acids is 1. The molecule has 4 heteroatoms. The van der Waals surface area contributed by atoms with Crippen LogP contribution in [0.15, 0.2) is 0 Å². The Labute approximate surface area is 123 Å². The monoisotopic (exact) mass is 300 g/mol. The Morgan fingerprint density at radius 1 is 1.20 bits per heavy atom. The molecule has 20 heavy (non-hydrogen) atoms. The van der Waals surface area contributed by atoms with Crippen molar-refractivity contribution in [3.05, 3.63) is 0 Å². The highest BCUT2D eigenvalue weighted by Crippen LogP contribution is 2.76. The van der Waals surface area contributed by atoms with Gasteiger partial charge in [-0.05, 0) is 35.5 Å². The van der Waals surface area contributed by atoms with Crippen LogP contribution in [0.1, 0.15) is 60.8 Å². The smallest absolute Gasteiger partial charge is 0.253 e. The summed E-state index contributed by atoms with van der Waals surface area (Å²) in [4.78, 5) is 12.8. The van der Waals surface area contributed by atoms with E-state index in [-0.39, 0.29) is 22.5 Å². The number of fused-ring (bicyclic) bond motifs is 1. The normalized spacial score (nSPS) is 36.3. The molecule has 0 spiro atoms. The van der Waals surface area contributed by atoms with E-state index in [1.54, 1.807) is 0 Å². The number of hydrogen-bond acceptors (Lipinski definition) is 3. The van der Waals surface area contributed by atoms with Crippen LogP contribution in [0.5, 0.6) is 0 Å². The van der Waals surface area contributed by atoms with Gasteiger partial charge in [-0.3, -0.25) is 4.79 Å². The second-order valence-corrected chi connectivity index (χ2v) is 10.6. The largest absolute Gasteiger partial charge is 0.281 e. The standard InChI is InChI=1S/C16H28O3S/c1-11-7-8-12-15(5,6)16(12,9-11)13(17)20(18,19)10-14(2,3)4/h11-12H,7-10H2,1-6H3. The molecule has 3 atom stereocenters. The van der Waals surface area contributed by atoms with Gasteiger partial charge in [0, 0.05) is 0 Å². The third kappa shape index (κ3) is 2.24. The van der Waals surface area contributed by atoms with E-state index >= 15 is 0 Å². The fourth-order valence-corrected chi connectivity index (χ4v) is 6.80. The topological polar surface area (TPSA) is 51.2 Å². The molecular formula is C16H28O3S. The van der Waals surface area contributed by atoms with Crippen molar-refractivity contribution in [1.29, 1.82) is 0 Å². The van der Waals surface area contributed by atoms with Crippen LogP contribution in [0.4, 0.5) is 0 Å². The molecule has 0 aromatic rings. The summed E-state index contributed by atoms with van der Waals surface area (Å²) < 4.78 is 25.0. The van der Waals surface area contributed by atoms with Gasteiger partial charge in [0.15, 0.2) is 0 Å². The SMILES string of the molecule is CC1CCC2C(C)(C)C2(C(=O)S(=O)(=O)CC(C)(C)C)C1. The molecule has 2 rings (SSSR count). The van der Waals surface area contributed by atoms with Crippen LogP contribution in [0.2, 0.25) is 0 Å². The molecule has 3 unspecified atom stereocenters. The minimum absolute atomic E-state index is 0.0439. The maximum atomic E-state index is 12.8. The summed E-state index contributed by atoms with van der Waals surface area (Å²) in [6, 6.07) is 0. The minimum Gasteiger partial charge on any atom is -0.281 e. The van der Waals surface area contributed by atoms with Crippen LogP contribution >= 0.6 is 0 Å². The first-order chi connectivity index (χ1) is 8.84. The number of rotatable bonds is 2. The Morgan fingerprint density at radius 2 is 1.75 bits per heavy atom. The summed E-state index contributed by atoms with van der Waals surface area (Å²) in [6.45, 7) is 11.9. The molecule has 2 fully saturated rings. The number of carbonyl (C=O) groups is 1. The predicted molar refractivity (Wildman–Crippen MR) is 81.0 cm³/mol. The van der Waals surface area contributed by atoms with E-state index in [2.05, 4.69) is 20.8 Å². The van der Waals surface area contributed by atoms with Crippen LogP contribution < -0.4 is 0 Å². The molecule has 0 N–H and O–H groups in total. The highest BCUT2D eigenvalue weighted by molar-refractivity contribution is 8.06. The molecule has 2 saturated carbocycles. The Balaban J connectivity index is 2.33. The first kappa shape index (κ1) is 16.0. The highest BCUT2D eigenvalue weighted by atomic mass is 32.2. The third-order valence-electron chi connectivity index (χ3n) is 5.42. The van der Waals surface area contributed by atoms with Crippen LogP contribution in [-0.2, 0) is 14.6 Å². The zero-order valence-electron chi connectivity index (χ0n) is 13.6. The van der Waals surface area contributed by atoms with Gasteiger partial charge in [-0.2, -0.15) is 0 Å². The van der Waals surface area contributed by atoms with Gasteiger partial charge in [0.2, 0.25) is 9.84 Å². The van der Waals surface area contributed by atoms with E-state index in [1.807, 2.05) is 20.8 Å². The molecule has 0 radical (unpaired) electrons. The lowest BCUT2D eigenvalue weighted by molar-refractivity contribution is -0.119. The van der Waals surface area contributed by atoms with Gasteiger partial charge in [-0.25, -0.2) is 8.42 Å². The zero-order valence-corrected chi connectivity index (χ0v) is 14.4. The minimum atomic E-state index is -3.67. The summed E-state index contributed by atoms with van der Waals surface area (Å²) in [5, 5.41) is -0.471. The molecule has 0 aromatic carbocycles. The molecule has 0 heterocycles. The summed E-state index contributed by atoms with van der Waals surface area (Å²) in [6.07, 6.45) is 2.85. The number of hydrogen-bond donors (Lipinski definition) is 0. The molecule has 2 aliphatic carbocycles. The van der Waals surface area contributed by atoms with Crippen LogP contribution in [-0.4, -0.2) is 19.3 Å². The summed E-state index contributed by atoms with van der Waals surface area (Å²) in [7, 11) is -3.67. The summed E-state index contributed by atoms with van der Waals surface area (Å²) in [5.74, 6) is 0.660. The predicted octanol–water partition coefficient (Wildman–Crippen LogP) is 3.44. The van der Waals surface area contributed by atoms with Crippen LogP contribution in [0.25, 0.3) is 0 Å². The van der Waals surface area contributed by atoms with Gasteiger partial charge in [-0.15, -0.1) is 0 Å². The van der Waals surface area contributed by atoms with E-state index in [4.69, 9.17) is 0 Å². The molecule has 116 valence electrons. The third-order valence-corrected chi connectivity index (χ3v) is 7.60. The van der Waals surface area contributed by atoms with E-state index in [0.29, 0.717) is 5.92 Å². The van der Waals surface area contributed by atoms with Gasteiger partial charge < -0.3 is 0 Å². The molecular weight excluding hydrogens is 272 g/mol. The second-order valence-electron chi connectivity index (χ2n) is 8.74. The molecule has 0 bridgehead atoms. The van der Waals surface area contributed by atoms with Crippen LogP contribution in [0, 0.1) is 28.1 Å². The highest BCUT2D eigenvalue weighted by Gasteiger charge is 2.77. The van der Waals surface area contributed by atoms with Gasteiger partial charge in [0.1, 0.15) is 0 Å². The van der Waals surface area contributed by atoms with Crippen molar-refractivity contribution in [2.45, 2.75) is 60.8 Å². The van der Waals surface area contributed by atoms with Gasteiger partial charge >= 0.3 is 0 Å². The molecule has 0 amide bonds. The maximum absolute atomic E-state index is 12.8. The summed E-state index contributed by atoms with van der Waals surface area (Å²) in [5.41, 5.74) is -1.13. The van der Waals surface area contributed by atoms with Crippen molar-refractivity contribution >= 4 is 15.0 Å². The van der Waals surface area contributed by atoms with Crippen molar-refractivity contribution in [3.8, 4) is 0 Å². The lowest BCUT2D eigenvalue weighted by Gasteiger charge is -2.27. The molecule has 3 nitrogen and oxygen atoms in total. The average molecular weight is 300 g/mol. The van der Waals surface area contributed by atoms with E-state index in [9.17, 15) is 13.2 Å². The van der Waals surface area contributed by atoms with E-state index < -0.39 is 20.4 Å². The Morgan fingerprint density at radius 3 is 2.25 bits per heavy atom. The Kier molecular flexibility index (Phi) is 3.45. The second kappa shape index (κ2) is 4.31. The average Bonchev–Trinajstić information content (AvgIpc) is 2.71. The molecule has 0 aromatic heterocycles. The van der Waals surface area contributed by atoms with E-state index in [0.717, 1.165) is 19.3 Å². The van der Waals surface area contributed by atoms with Gasteiger partial charge in [0.05, 0.1) is 11.2 Å². The molecule has 0 saturated heterocycles.